The molecule has 2 heterocycles. The Kier molecular flexibility index (Phi) is 7.17. The van der Waals surface area contributed by atoms with Gasteiger partial charge in [-0.1, -0.05) is 121 Å². The van der Waals surface area contributed by atoms with Crippen LogP contribution in [-0.2, 0) is 0 Å². The summed E-state index contributed by atoms with van der Waals surface area (Å²) in [5.41, 5.74) is 13.6. The number of fused-ring (bicyclic) bond motifs is 8. The Bertz CT molecular complexity index is 3140. The van der Waals surface area contributed by atoms with Gasteiger partial charge in [-0.05, 0) is 117 Å². The van der Waals surface area contributed by atoms with Gasteiger partial charge < -0.3 is 13.7 Å². The molecule has 3 nitrogen and oxygen atoms in total. The predicted molar refractivity (Wildman–Crippen MR) is 229 cm³/mol. The van der Waals surface area contributed by atoms with Crippen molar-refractivity contribution in [2.24, 2.45) is 0 Å². The van der Waals surface area contributed by atoms with Crippen LogP contribution in [0.4, 0.5) is 17.1 Å². The molecule has 0 amide bonds. The maximum Gasteiger partial charge on any atom is 0.137 e. The topological polar surface area (TPSA) is 29.5 Å². The SMILES string of the molecule is c1ccc(-c2cc(-c3ccccc3)cc(-c3cc4oc5ccc(N(c6ccccc6)c6ccc7c(c6)oc6ccccc67)cc5c4c4ccccc34)c2)cc1. The van der Waals surface area contributed by atoms with Gasteiger partial charge in [-0.2, -0.15) is 0 Å². The van der Waals surface area contributed by atoms with E-state index in [1.165, 1.54) is 27.6 Å². The van der Waals surface area contributed by atoms with Gasteiger partial charge in [-0.25, -0.2) is 0 Å². The molecule has 11 aromatic rings. The quantitative estimate of drug-likeness (QED) is 0.173. The van der Waals surface area contributed by atoms with Gasteiger partial charge in [0, 0.05) is 44.7 Å². The molecule has 0 aliphatic carbocycles. The molecule has 55 heavy (non-hydrogen) atoms. The minimum atomic E-state index is 0.852. The molecule has 0 fully saturated rings. The van der Waals surface area contributed by atoms with Gasteiger partial charge >= 0.3 is 0 Å². The number of rotatable bonds is 6. The second-order valence-electron chi connectivity index (χ2n) is 14.1. The molecule has 0 saturated carbocycles. The normalized spacial score (nSPS) is 11.6. The summed E-state index contributed by atoms with van der Waals surface area (Å²) >= 11 is 0. The van der Waals surface area contributed by atoms with E-state index in [4.69, 9.17) is 8.83 Å². The Morgan fingerprint density at radius 3 is 1.53 bits per heavy atom. The Hall–Kier alpha value is -7.36. The summed E-state index contributed by atoms with van der Waals surface area (Å²) in [6, 6.07) is 70.9. The molecule has 3 heteroatoms. The zero-order valence-corrected chi connectivity index (χ0v) is 29.8. The van der Waals surface area contributed by atoms with Crippen molar-refractivity contribution in [1.29, 1.82) is 0 Å². The zero-order chi connectivity index (χ0) is 36.3. The summed E-state index contributed by atoms with van der Waals surface area (Å²) < 4.78 is 13.1. The van der Waals surface area contributed by atoms with E-state index in [-0.39, 0.29) is 0 Å². The van der Waals surface area contributed by atoms with Crippen LogP contribution in [0.15, 0.2) is 209 Å². The number of anilines is 3. The van der Waals surface area contributed by atoms with E-state index in [0.29, 0.717) is 0 Å². The molecule has 0 spiro atoms. The number of furan rings is 2. The zero-order valence-electron chi connectivity index (χ0n) is 29.8. The van der Waals surface area contributed by atoms with E-state index in [1.807, 2.05) is 12.1 Å². The molecule has 0 radical (unpaired) electrons. The van der Waals surface area contributed by atoms with Gasteiger partial charge in [0.25, 0.3) is 0 Å². The van der Waals surface area contributed by atoms with Crippen LogP contribution in [0.1, 0.15) is 0 Å². The first-order chi connectivity index (χ1) is 27.2. The second kappa shape index (κ2) is 12.6. The van der Waals surface area contributed by atoms with E-state index in [1.54, 1.807) is 0 Å². The van der Waals surface area contributed by atoms with Crippen LogP contribution in [0.2, 0.25) is 0 Å². The smallest absolute Gasteiger partial charge is 0.137 e. The van der Waals surface area contributed by atoms with Crippen LogP contribution in [0, 0.1) is 0 Å². The minimum Gasteiger partial charge on any atom is -0.456 e. The Morgan fingerprint density at radius 1 is 0.273 bits per heavy atom. The lowest BCUT2D eigenvalue weighted by molar-refractivity contribution is 0.668. The number of hydrogen-bond acceptors (Lipinski definition) is 3. The van der Waals surface area contributed by atoms with Crippen molar-refractivity contribution in [3.05, 3.63) is 200 Å². The lowest BCUT2D eigenvalue weighted by Gasteiger charge is -2.25. The van der Waals surface area contributed by atoms with Gasteiger partial charge in [0.05, 0.1) is 0 Å². The third-order valence-electron chi connectivity index (χ3n) is 10.8. The van der Waals surface area contributed by atoms with Crippen molar-refractivity contribution in [1.82, 2.24) is 0 Å². The van der Waals surface area contributed by atoms with Gasteiger partial charge in [-0.3, -0.25) is 0 Å². The van der Waals surface area contributed by atoms with Crippen molar-refractivity contribution in [2.75, 3.05) is 4.90 Å². The Balaban J connectivity index is 1.11. The number of benzene rings is 9. The first kappa shape index (κ1) is 31.2. The molecule has 0 unspecified atom stereocenters. The Labute approximate surface area is 317 Å². The lowest BCUT2D eigenvalue weighted by Crippen LogP contribution is -2.09. The van der Waals surface area contributed by atoms with Crippen LogP contribution >= 0.6 is 0 Å². The fourth-order valence-electron chi connectivity index (χ4n) is 8.26. The standard InChI is InChI=1S/C52H33NO2/c1-4-14-34(15-5-1)36-28-37(35-16-6-2-7-17-35)30-38(29-36)46-33-51-52(45-22-11-10-20-42(45)46)47-31-40(25-27-49(47)55-51)53(39-18-8-3-9-19-39)41-24-26-44-43-21-12-13-23-48(43)54-50(44)32-41/h1-33H. The third-order valence-corrected chi connectivity index (χ3v) is 10.8. The molecular formula is C52H33NO2. The first-order valence-electron chi connectivity index (χ1n) is 18.7. The van der Waals surface area contributed by atoms with E-state index < -0.39 is 0 Å². The highest BCUT2D eigenvalue weighted by Gasteiger charge is 2.20. The summed E-state index contributed by atoms with van der Waals surface area (Å²) in [5, 5.41) is 6.75. The monoisotopic (exact) mass is 703 g/mol. The largest absolute Gasteiger partial charge is 0.456 e. The summed E-state index contributed by atoms with van der Waals surface area (Å²) in [4.78, 5) is 2.29. The average Bonchev–Trinajstić information content (AvgIpc) is 3.82. The van der Waals surface area contributed by atoms with Crippen LogP contribution in [0.25, 0.3) is 88.0 Å². The highest BCUT2D eigenvalue weighted by molar-refractivity contribution is 6.22. The van der Waals surface area contributed by atoms with Crippen LogP contribution < -0.4 is 4.90 Å². The molecule has 0 saturated heterocycles. The second-order valence-corrected chi connectivity index (χ2v) is 14.1. The van der Waals surface area contributed by atoms with E-state index in [9.17, 15) is 0 Å². The molecule has 0 N–H and O–H groups in total. The molecule has 2 aromatic heterocycles. The molecule has 258 valence electrons. The highest BCUT2D eigenvalue weighted by Crippen LogP contribution is 2.45. The number of hydrogen-bond donors (Lipinski definition) is 0. The van der Waals surface area contributed by atoms with Crippen molar-refractivity contribution in [3.8, 4) is 33.4 Å². The molecule has 0 atom stereocenters. The average molecular weight is 704 g/mol. The van der Waals surface area contributed by atoms with Crippen molar-refractivity contribution in [3.63, 3.8) is 0 Å². The van der Waals surface area contributed by atoms with Crippen molar-refractivity contribution < 1.29 is 8.83 Å². The van der Waals surface area contributed by atoms with Crippen molar-refractivity contribution in [2.45, 2.75) is 0 Å². The summed E-state index contributed by atoms with van der Waals surface area (Å²) in [5.74, 6) is 0. The molecule has 0 bridgehead atoms. The molecule has 0 aliphatic heterocycles. The molecule has 9 aromatic carbocycles. The van der Waals surface area contributed by atoms with Crippen LogP contribution in [0.3, 0.4) is 0 Å². The van der Waals surface area contributed by atoms with Crippen LogP contribution in [-0.4, -0.2) is 0 Å². The maximum absolute atomic E-state index is 6.76. The van der Waals surface area contributed by atoms with E-state index >= 15 is 0 Å². The lowest BCUT2D eigenvalue weighted by atomic mass is 9.90. The third kappa shape index (κ3) is 5.28. The summed E-state index contributed by atoms with van der Waals surface area (Å²) in [7, 11) is 0. The van der Waals surface area contributed by atoms with E-state index in [0.717, 1.165) is 77.5 Å². The van der Waals surface area contributed by atoms with Gasteiger partial charge in [0.2, 0.25) is 0 Å². The fourth-order valence-corrected chi connectivity index (χ4v) is 8.26. The molecule has 11 rings (SSSR count). The highest BCUT2D eigenvalue weighted by atomic mass is 16.3. The summed E-state index contributed by atoms with van der Waals surface area (Å²) in [6.07, 6.45) is 0. The van der Waals surface area contributed by atoms with Gasteiger partial charge in [0.1, 0.15) is 22.3 Å². The predicted octanol–water partition coefficient (Wildman–Crippen LogP) is 15.1. The number of para-hydroxylation sites is 2. The fraction of sp³-hybridized carbons (Fsp3) is 0. The Morgan fingerprint density at radius 2 is 0.800 bits per heavy atom. The first-order valence-corrected chi connectivity index (χ1v) is 18.7. The van der Waals surface area contributed by atoms with E-state index in [2.05, 4.69) is 193 Å². The maximum atomic E-state index is 6.76. The van der Waals surface area contributed by atoms with Gasteiger partial charge in [0.15, 0.2) is 0 Å². The summed E-state index contributed by atoms with van der Waals surface area (Å²) in [6.45, 7) is 0. The molecular weight excluding hydrogens is 671 g/mol. The van der Waals surface area contributed by atoms with Gasteiger partial charge in [-0.15, -0.1) is 0 Å². The molecule has 0 aliphatic rings. The van der Waals surface area contributed by atoms with Crippen LogP contribution in [0.5, 0.6) is 0 Å². The van der Waals surface area contributed by atoms with Crippen molar-refractivity contribution >= 4 is 71.7 Å². The minimum absolute atomic E-state index is 0.852. The number of nitrogens with zero attached hydrogens (tertiary/aromatic N) is 1.